The molecular formula is C16H22N4. The predicted octanol–water partition coefficient (Wildman–Crippen LogP) is 3.48. The lowest BCUT2D eigenvalue weighted by molar-refractivity contribution is 0.838. The highest BCUT2D eigenvalue weighted by molar-refractivity contribution is 5.62. The molecule has 0 aliphatic rings. The highest BCUT2D eigenvalue weighted by Gasteiger charge is 2.11. The second-order valence-electron chi connectivity index (χ2n) is 4.49. The molecule has 0 saturated heterocycles. The maximum atomic E-state index is 4.43. The Balaban J connectivity index is 2.33. The van der Waals surface area contributed by atoms with Crippen molar-refractivity contribution in [2.75, 3.05) is 29.4 Å². The fourth-order valence-electron chi connectivity index (χ4n) is 2.29. The molecule has 1 heterocycles. The Hall–Kier alpha value is -2.10. The fourth-order valence-corrected chi connectivity index (χ4v) is 2.29. The molecule has 0 aliphatic carbocycles. The van der Waals surface area contributed by atoms with Crippen molar-refractivity contribution >= 4 is 17.3 Å². The SMILES string of the molecule is CCN(CC)c1cc(N(CC)c2ccccc2)ncn1. The maximum Gasteiger partial charge on any atom is 0.138 e. The monoisotopic (exact) mass is 270 g/mol. The lowest BCUT2D eigenvalue weighted by atomic mass is 10.3. The number of benzene rings is 1. The Morgan fingerprint density at radius 1 is 0.850 bits per heavy atom. The van der Waals surface area contributed by atoms with Crippen LogP contribution >= 0.6 is 0 Å². The van der Waals surface area contributed by atoms with E-state index in [4.69, 9.17) is 0 Å². The van der Waals surface area contributed by atoms with E-state index >= 15 is 0 Å². The zero-order valence-corrected chi connectivity index (χ0v) is 12.5. The Morgan fingerprint density at radius 3 is 2.10 bits per heavy atom. The van der Waals surface area contributed by atoms with E-state index in [9.17, 15) is 0 Å². The van der Waals surface area contributed by atoms with E-state index < -0.39 is 0 Å². The molecule has 0 unspecified atom stereocenters. The van der Waals surface area contributed by atoms with Gasteiger partial charge in [-0.1, -0.05) is 18.2 Å². The van der Waals surface area contributed by atoms with Crippen LogP contribution in [0.15, 0.2) is 42.7 Å². The minimum absolute atomic E-state index is 0.874. The molecule has 0 radical (unpaired) electrons. The Labute approximate surface area is 121 Å². The van der Waals surface area contributed by atoms with E-state index in [1.807, 2.05) is 18.2 Å². The summed E-state index contributed by atoms with van der Waals surface area (Å²) >= 11 is 0. The number of para-hydroxylation sites is 1. The smallest absolute Gasteiger partial charge is 0.138 e. The predicted molar refractivity (Wildman–Crippen MR) is 84.7 cm³/mol. The number of rotatable bonds is 6. The first kappa shape index (κ1) is 14.3. The minimum Gasteiger partial charge on any atom is -0.357 e. The molecule has 0 bridgehead atoms. The average molecular weight is 270 g/mol. The molecule has 4 nitrogen and oxygen atoms in total. The molecule has 0 saturated carbocycles. The zero-order chi connectivity index (χ0) is 14.4. The van der Waals surface area contributed by atoms with Crippen molar-refractivity contribution < 1.29 is 0 Å². The highest BCUT2D eigenvalue weighted by atomic mass is 15.2. The number of anilines is 3. The van der Waals surface area contributed by atoms with Crippen LogP contribution < -0.4 is 9.80 Å². The van der Waals surface area contributed by atoms with Gasteiger partial charge in [0, 0.05) is 31.4 Å². The standard InChI is InChI=1S/C16H22N4/c1-4-19(5-2)15-12-16(18-13-17-15)20(6-3)14-10-8-7-9-11-14/h7-13H,4-6H2,1-3H3. The molecule has 2 aromatic rings. The summed E-state index contributed by atoms with van der Waals surface area (Å²) in [6, 6.07) is 12.4. The third-order valence-electron chi connectivity index (χ3n) is 3.39. The second kappa shape index (κ2) is 6.89. The van der Waals surface area contributed by atoms with E-state index in [1.54, 1.807) is 6.33 Å². The van der Waals surface area contributed by atoms with Gasteiger partial charge in [-0.2, -0.15) is 0 Å². The number of hydrogen-bond donors (Lipinski definition) is 0. The largest absolute Gasteiger partial charge is 0.357 e. The van der Waals surface area contributed by atoms with E-state index in [-0.39, 0.29) is 0 Å². The van der Waals surface area contributed by atoms with Gasteiger partial charge >= 0.3 is 0 Å². The average Bonchev–Trinajstić information content (AvgIpc) is 2.51. The van der Waals surface area contributed by atoms with Crippen LogP contribution in [0.5, 0.6) is 0 Å². The van der Waals surface area contributed by atoms with Crippen LogP contribution in [-0.4, -0.2) is 29.6 Å². The first-order valence-corrected chi connectivity index (χ1v) is 7.19. The van der Waals surface area contributed by atoms with E-state index in [1.165, 1.54) is 0 Å². The van der Waals surface area contributed by atoms with Crippen LogP contribution in [0.4, 0.5) is 17.3 Å². The summed E-state index contributed by atoms with van der Waals surface area (Å²) in [7, 11) is 0. The Bertz CT molecular complexity index is 523. The van der Waals surface area contributed by atoms with Gasteiger partial charge < -0.3 is 9.80 Å². The summed E-state index contributed by atoms with van der Waals surface area (Å²) < 4.78 is 0. The topological polar surface area (TPSA) is 32.3 Å². The van der Waals surface area contributed by atoms with Gasteiger partial charge in [-0.15, -0.1) is 0 Å². The third kappa shape index (κ3) is 3.07. The van der Waals surface area contributed by atoms with Gasteiger partial charge in [0.25, 0.3) is 0 Å². The van der Waals surface area contributed by atoms with Gasteiger partial charge in [-0.25, -0.2) is 9.97 Å². The number of aromatic nitrogens is 2. The molecule has 0 atom stereocenters. The van der Waals surface area contributed by atoms with Crippen LogP contribution in [0.1, 0.15) is 20.8 Å². The first-order valence-electron chi connectivity index (χ1n) is 7.19. The van der Waals surface area contributed by atoms with Crippen LogP contribution in [0.25, 0.3) is 0 Å². The minimum atomic E-state index is 0.874. The summed E-state index contributed by atoms with van der Waals surface area (Å²) in [4.78, 5) is 13.2. The van der Waals surface area contributed by atoms with Gasteiger partial charge in [0.15, 0.2) is 0 Å². The Kier molecular flexibility index (Phi) is 4.93. The van der Waals surface area contributed by atoms with Crippen LogP contribution in [0, 0.1) is 0 Å². The van der Waals surface area contributed by atoms with Crippen molar-refractivity contribution in [3.8, 4) is 0 Å². The number of nitrogens with zero attached hydrogens (tertiary/aromatic N) is 4. The number of hydrogen-bond acceptors (Lipinski definition) is 4. The van der Waals surface area contributed by atoms with E-state index in [0.717, 1.165) is 37.0 Å². The first-order chi connectivity index (χ1) is 9.80. The lowest BCUT2D eigenvalue weighted by Gasteiger charge is -2.24. The van der Waals surface area contributed by atoms with Crippen molar-refractivity contribution in [3.63, 3.8) is 0 Å². The zero-order valence-electron chi connectivity index (χ0n) is 12.5. The van der Waals surface area contributed by atoms with Gasteiger partial charge in [-0.05, 0) is 32.9 Å². The van der Waals surface area contributed by atoms with Gasteiger partial charge in [0.05, 0.1) is 0 Å². The Morgan fingerprint density at radius 2 is 1.50 bits per heavy atom. The van der Waals surface area contributed by atoms with Crippen LogP contribution in [-0.2, 0) is 0 Å². The van der Waals surface area contributed by atoms with Crippen LogP contribution in [0.2, 0.25) is 0 Å². The molecule has 106 valence electrons. The van der Waals surface area contributed by atoms with Crippen molar-refractivity contribution in [2.24, 2.45) is 0 Å². The maximum absolute atomic E-state index is 4.43. The van der Waals surface area contributed by atoms with Crippen LogP contribution in [0.3, 0.4) is 0 Å². The van der Waals surface area contributed by atoms with Crippen molar-refractivity contribution in [1.29, 1.82) is 0 Å². The summed E-state index contributed by atoms with van der Waals surface area (Å²) in [6.07, 6.45) is 1.65. The highest BCUT2D eigenvalue weighted by Crippen LogP contribution is 2.24. The molecule has 1 aromatic heterocycles. The summed E-state index contributed by atoms with van der Waals surface area (Å²) in [6.45, 7) is 9.18. The molecule has 4 heteroatoms. The third-order valence-corrected chi connectivity index (χ3v) is 3.39. The molecule has 20 heavy (non-hydrogen) atoms. The van der Waals surface area contributed by atoms with E-state index in [2.05, 4.69) is 58.7 Å². The molecule has 0 aliphatic heterocycles. The molecule has 2 rings (SSSR count). The quantitative estimate of drug-likeness (QED) is 0.804. The second-order valence-corrected chi connectivity index (χ2v) is 4.49. The summed E-state index contributed by atoms with van der Waals surface area (Å²) in [5, 5.41) is 0. The summed E-state index contributed by atoms with van der Waals surface area (Å²) in [5.74, 6) is 1.92. The molecule has 1 aromatic carbocycles. The van der Waals surface area contributed by atoms with Gasteiger partial charge in [-0.3, -0.25) is 0 Å². The normalized spacial score (nSPS) is 10.3. The van der Waals surface area contributed by atoms with E-state index in [0.29, 0.717) is 0 Å². The molecular weight excluding hydrogens is 248 g/mol. The van der Waals surface area contributed by atoms with Crippen molar-refractivity contribution in [2.45, 2.75) is 20.8 Å². The van der Waals surface area contributed by atoms with Gasteiger partial charge in [0.1, 0.15) is 18.0 Å². The van der Waals surface area contributed by atoms with Gasteiger partial charge in [0.2, 0.25) is 0 Å². The lowest BCUT2D eigenvalue weighted by Crippen LogP contribution is -2.24. The molecule has 0 amide bonds. The summed E-state index contributed by atoms with van der Waals surface area (Å²) in [5.41, 5.74) is 1.15. The van der Waals surface area contributed by atoms with Crippen molar-refractivity contribution in [3.05, 3.63) is 42.7 Å². The fraction of sp³-hybridized carbons (Fsp3) is 0.375. The van der Waals surface area contributed by atoms with Crippen molar-refractivity contribution in [1.82, 2.24) is 9.97 Å². The molecule has 0 N–H and O–H groups in total. The molecule has 0 spiro atoms. The molecule has 0 fully saturated rings.